The fourth-order valence-electron chi connectivity index (χ4n) is 3.94. The predicted molar refractivity (Wildman–Crippen MR) is 130 cm³/mol. The number of carbonyl (C=O) groups excluding carboxylic acids is 2. The van der Waals surface area contributed by atoms with Crippen LogP contribution in [0.25, 0.3) is 0 Å². The molecule has 11 heteroatoms. The van der Waals surface area contributed by atoms with E-state index in [1.165, 1.54) is 0 Å². The molecule has 3 amide bonds. The monoisotopic (exact) mass is 488 g/mol. The summed E-state index contributed by atoms with van der Waals surface area (Å²) in [5.74, 6) is 0.568. The van der Waals surface area contributed by atoms with Crippen molar-refractivity contribution in [3.63, 3.8) is 0 Å². The first-order valence-electron chi connectivity index (χ1n) is 11.9. The van der Waals surface area contributed by atoms with Gasteiger partial charge in [0.1, 0.15) is 11.4 Å². The topological polar surface area (TPSA) is 122 Å². The molecule has 2 N–H and O–H groups in total. The van der Waals surface area contributed by atoms with Crippen LogP contribution >= 0.6 is 0 Å². The lowest BCUT2D eigenvalue weighted by molar-refractivity contribution is -0.136. The summed E-state index contributed by atoms with van der Waals surface area (Å²) in [6.45, 7) is 5.22. The molecule has 0 radical (unpaired) electrons. The summed E-state index contributed by atoms with van der Waals surface area (Å²) in [5.41, 5.74) is 1.34. The highest BCUT2D eigenvalue weighted by Gasteiger charge is 2.28. The summed E-state index contributed by atoms with van der Waals surface area (Å²) in [5, 5.41) is 20.9. The number of aryl methyl sites for hydroxylation is 1. The van der Waals surface area contributed by atoms with E-state index in [-0.39, 0.29) is 43.2 Å². The number of aliphatic hydroxyl groups is 1. The van der Waals surface area contributed by atoms with Crippen molar-refractivity contribution in [2.75, 3.05) is 39.2 Å². The van der Waals surface area contributed by atoms with Gasteiger partial charge in [-0.2, -0.15) is 0 Å². The van der Waals surface area contributed by atoms with Crippen LogP contribution in [0, 0.1) is 5.92 Å². The van der Waals surface area contributed by atoms with E-state index in [0.29, 0.717) is 49.6 Å². The van der Waals surface area contributed by atoms with E-state index in [2.05, 4.69) is 15.6 Å². The number of rotatable bonds is 6. The van der Waals surface area contributed by atoms with Gasteiger partial charge in [0.05, 0.1) is 38.7 Å². The number of anilines is 1. The van der Waals surface area contributed by atoms with Gasteiger partial charge in [0.25, 0.3) is 0 Å². The molecule has 11 nitrogen and oxygen atoms in total. The van der Waals surface area contributed by atoms with Crippen LogP contribution in [0.1, 0.15) is 32.4 Å². The number of urea groups is 1. The van der Waals surface area contributed by atoms with Crippen molar-refractivity contribution in [3.8, 4) is 5.75 Å². The molecule has 3 rings (SSSR count). The highest BCUT2D eigenvalue weighted by Crippen LogP contribution is 2.19. The van der Waals surface area contributed by atoms with E-state index in [4.69, 9.17) is 9.47 Å². The zero-order valence-electron chi connectivity index (χ0n) is 20.9. The molecular formula is C24H36N6O5. The first-order valence-corrected chi connectivity index (χ1v) is 11.9. The van der Waals surface area contributed by atoms with Crippen molar-refractivity contribution in [1.29, 1.82) is 0 Å². The molecule has 0 unspecified atom stereocenters. The van der Waals surface area contributed by atoms with E-state index >= 15 is 0 Å². The Balaban J connectivity index is 1.73. The Kier molecular flexibility index (Phi) is 9.44. The average Bonchev–Trinajstić information content (AvgIpc) is 3.31. The first-order chi connectivity index (χ1) is 16.8. The molecule has 0 saturated carbocycles. The summed E-state index contributed by atoms with van der Waals surface area (Å²) in [4.78, 5) is 29.1. The number of amides is 3. The Bertz CT molecular complexity index is 966. The van der Waals surface area contributed by atoms with Crippen molar-refractivity contribution >= 4 is 17.6 Å². The third-order valence-corrected chi connectivity index (χ3v) is 6.19. The molecule has 2 bridgehead atoms. The fraction of sp³-hybridized carbons (Fsp3) is 0.583. The maximum atomic E-state index is 13.0. The number of nitrogens with one attached hydrogen (secondary N) is 1. The standard InChI is InChI=1S/C24H36N6O5/c1-17-12-30(18(2)15-31)23(32)6-5-11-29-13-20(26-27-29)16-35-22(17)14-28(3)24(33)25-19-7-9-21(34-4)10-8-19/h7-10,13,17-18,22,31H,5-6,11-12,14-16H2,1-4H3,(H,25,33)/t17-,18-,22-/m0/s1. The van der Waals surface area contributed by atoms with Crippen molar-refractivity contribution in [1.82, 2.24) is 24.8 Å². The lowest BCUT2D eigenvalue weighted by Gasteiger charge is -2.35. The molecule has 0 aliphatic carbocycles. The first kappa shape index (κ1) is 26.4. The van der Waals surface area contributed by atoms with Gasteiger partial charge in [-0.15, -0.1) is 5.10 Å². The molecule has 1 aromatic carbocycles. The molecule has 3 atom stereocenters. The molecule has 0 fully saturated rings. The largest absolute Gasteiger partial charge is 0.497 e. The van der Waals surface area contributed by atoms with Gasteiger partial charge in [-0.05, 0) is 37.6 Å². The van der Waals surface area contributed by atoms with Crippen molar-refractivity contribution in [2.45, 2.75) is 52.0 Å². The lowest BCUT2D eigenvalue weighted by Crippen LogP contribution is -2.48. The van der Waals surface area contributed by atoms with Crippen LogP contribution in [0.15, 0.2) is 30.5 Å². The van der Waals surface area contributed by atoms with Crippen LogP contribution in [-0.4, -0.2) is 87.8 Å². The highest BCUT2D eigenvalue weighted by atomic mass is 16.5. The summed E-state index contributed by atoms with van der Waals surface area (Å²) in [6.07, 6.45) is 2.41. The number of aromatic nitrogens is 3. The molecule has 2 aromatic rings. The molecule has 192 valence electrons. The minimum absolute atomic E-state index is 0.0256. The second kappa shape index (κ2) is 12.5. The van der Waals surface area contributed by atoms with Crippen molar-refractivity contribution < 1.29 is 24.2 Å². The summed E-state index contributed by atoms with van der Waals surface area (Å²) in [6, 6.07) is 6.49. The van der Waals surface area contributed by atoms with Gasteiger partial charge in [0.2, 0.25) is 5.91 Å². The molecule has 0 saturated heterocycles. The number of aliphatic hydroxyl groups excluding tert-OH is 1. The number of ether oxygens (including phenoxy) is 2. The minimum Gasteiger partial charge on any atom is -0.497 e. The van der Waals surface area contributed by atoms with Crippen LogP contribution in [0.2, 0.25) is 0 Å². The summed E-state index contributed by atoms with van der Waals surface area (Å²) >= 11 is 0. The van der Waals surface area contributed by atoms with Gasteiger partial charge in [0.15, 0.2) is 0 Å². The smallest absolute Gasteiger partial charge is 0.321 e. The van der Waals surface area contributed by atoms with Gasteiger partial charge in [0, 0.05) is 44.7 Å². The van der Waals surface area contributed by atoms with Gasteiger partial charge in [-0.3, -0.25) is 9.48 Å². The minimum atomic E-state index is -0.381. The Hall–Kier alpha value is -3.18. The predicted octanol–water partition coefficient (Wildman–Crippen LogP) is 1.98. The van der Waals surface area contributed by atoms with Crippen molar-refractivity contribution in [2.24, 2.45) is 5.92 Å². The van der Waals surface area contributed by atoms with E-state index in [1.807, 2.05) is 20.0 Å². The van der Waals surface area contributed by atoms with Crippen LogP contribution in [0.5, 0.6) is 5.75 Å². The fourth-order valence-corrected chi connectivity index (χ4v) is 3.94. The molecule has 1 aliphatic rings. The third kappa shape index (κ3) is 7.40. The number of hydrogen-bond acceptors (Lipinski definition) is 7. The quantitative estimate of drug-likeness (QED) is 0.637. The number of carbonyl (C=O) groups is 2. The maximum Gasteiger partial charge on any atom is 0.321 e. The zero-order valence-corrected chi connectivity index (χ0v) is 20.9. The van der Waals surface area contributed by atoms with E-state index in [1.54, 1.807) is 52.9 Å². The number of methoxy groups -OCH3 is 1. The molecule has 2 heterocycles. The van der Waals surface area contributed by atoms with E-state index < -0.39 is 0 Å². The molecule has 1 aromatic heterocycles. The van der Waals surface area contributed by atoms with Gasteiger partial charge < -0.3 is 29.7 Å². The van der Waals surface area contributed by atoms with Crippen molar-refractivity contribution in [3.05, 3.63) is 36.2 Å². The van der Waals surface area contributed by atoms with Gasteiger partial charge in [-0.1, -0.05) is 12.1 Å². The SMILES string of the molecule is COc1ccc(NC(=O)N(C)C[C@@H]2OCc3cn(nn3)CCCC(=O)N([C@@H](C)CO)C[C@@H]2C)cc1. The van der Waals surface area contributed by atoms with E-state index in [0.717, 1.165) is 0 Å². The lowest BCUT2D eigenvalue weighted by atomic mass is 10.0. The zero-order chi connectivity index (χ0) is 25.4. The molecule has 1 aliphatic heterocycles. The highest BCUT2D eigenvalue weighted by molar-refractivity contribution is 5.89. The number of nitrogens with zero attached hydrogens (tertiary/aromatic N) is 5. The Morgan fingerprint density at radius 3 is 2.80 bits per heavy atom. The number of fused-ring (bicyclic) bond motifs is 2. The number of hydrogen-bond donors (Lipinski definition) is 2. The third-order valence-electron chi connectivity index (χ3n) is 6.19. The second-order valence-corrected chi connectivity index (χ2v) is 9.02. The Morgan fingerprint density at radius 2 is 2.11 bits per heavy atom. The van der Waals surface area contributed by atoms with Crippen LogP contribution < -0.4 is 10.1 Å². The number of likely N-dealkylation sites (N-methyl/N-ethyl adjacent to an activating group) is 1. The Morgan fingerprint density at radius 1 is 1.37 bits per heavy atom. The van der Waals surface area contributed by atoms with Gasteiger partial charge >= 0.3 is 6.03 Å². The van der Waals surface area contributed by atoms with Gasteiger partial charge in [-0.25, -0.2) is 4.79 Å². The molecule has 35 heavy (non-hydrogen) atoms. The second-order valence-electron chi connectivity index (χ2n) is 9.02. The summed E-state index contributed by atoms with van der Waals surface area (Å²) in [7, 11) is 3.29. The molecule has 0 spiro atoms. The number of benzene rings is 1. The van der Waals surface area contributed by atoms with E-state index in [9.17, 15) is 14.7 Å². The van der Waals surface area contributed by atoms with Crippen LogP contribution in [0.3, 0.4) is 0 Å². The van der Waals surface area contributed by atoms with Crippen LogP contribution in [0.4, 0.5) is 10.5 Å². The Labute approximate surface area is 206 Å². The average molecular weight is 489 g/mol. The van der Waals surface area contributed by atoms with Crippen LogP contribution in [-0.2, 0) is 22.7 Å². The normalized spacial score (nSPS) is 20.3. The maximum absolute atomic E-state index is 13.0. The summed E-state index contributed by atoms with van der Waals surface area (Å²) < 4.78 is 13.1. The molecular weight excluding hydrogens is 452 g/mol.